The molecule has 4 nitrogen and oxygen atoms in total. The van der Waals surface area contributed by atoms with Crippen molar-refractivity contribution in [1.82, 2.24) is 10.6 Å². The minimum atomic E-state index is -0.000809. The van der Waals surface area contributed by atoms with Crippen molar-refractivity contribution in [2.45, 2.75) is 37.8 Å². The van der Waals surface area contributed by atoms with Crippen molar-refractivity contribution in [1.29, 1.82) is 0 Å². The Bertz CT molecular complexity index is 308. The quantitative estimate of drug-likeness (QED) is 0.754. The first-order valence-corrected chi connectivity index (χ1v) is 6.83. The minimum Gasteiger partial charge on any atom is -0.379 e. The van der Waals surface area contributed by atoms with Crippen molar-refractivity contribution in [3.63, 3.8) is 0 Å². The molecule has 1 amide bonds. The van der Waals surface area contributed by atoms with E-state index in [0.29, 0.717) is 19.3 Å². The van der Waals surface area contributed by atoms with Gasteiger partial charge < -0.3 is 15.4 Å². The highest BCUT2D eigenvalue weighted by molar-refractivity contribution is 5.80. The van der Waals surface area contributed by atoms with Gasteiger partial charge in [0, 0.05) is 12.1 Å². The third kappa shape index (κ3) is 2.08. The summed E-state index contributed by atoms with van der Waals surface area (Å²) in [7, 11) is 1.90. The van der Waals surface area contributed by atoms with Gasteiger partial charge in [0.25, 0.3) is 0 Å². The van der Waals surface area contributed by atoms with E-state index in [4.69, 9.17) is 4.74 Å². The Morgan fingerprint density at radius 3 is 2.71 bits per heavy atom. The molecule has 0 aromatic rings. The minimum absolute atomic E-state index is 0.000809. The number of rotatable bonds is 3. The van der Waals surface area contributed by atoms with Gasteiger partial charge in [-0.2, -0.15) is 0 Å². The summed E-state index contributed by atoms with van der Waals surface area (Å²) in [6, 6.07) is 0.632. The topological polar surface area (TPSA) is 50.4 Å². The maximum atomic E-state index is 12.2. The number of nitrogens with one attached hydrogen (secondary N) is 2. The molecule has 2 aliphatic carbocycles. The van der Waals surface area contributed by atoms with Crippen molar-refractivity contribution < 1.29 is 9.53 Å². The third-order valence-corrected chi connectivity index (χ3v) is 4.85. The monoisotopic (exact) mass is 238 g/mol. The summed E-state index contributed by atoms with van der Waals surface area (Å²) in [6.07, 6.45) is 5.23. The van der Waals surface area contributed by atoms with Crippen LogP contribution >= 0.6 is 0 Å². The number of amides is 1. The largest absolute Gasteiger partial charge is 0.379 e. The number of hydrogen-bond donors (Lipinski definition) is 2. The Hall–Kier alpha value is -0.610. The molecule has 2 N–H and O–H groups in total. The molecule has 17 heavy (non-hydrogen) atoms. The van der Waals surface area contributed by atoms with Gasteiger partial charge in [0.2, 0.25) is 5.91 Å². The number of fused-ring (bicyclic) bond motifs is 2. The molecule has 4 heteroatoms. The molecule has 1 heterocycles. The Labute approximate surface area is 102 Å². The van der Waals surface area contributed by atoms with Crippen LogP contribution in [0.25, 0.3) is 0 Å². The van der Waals surface area contributed by atoms with Gasteiger partial charge in [0.05, 0.1) is 19.1 Å². The smallest absolute Gasteiger partial charge is 0.227 e. The van der Waals surface area contributed by atoms with Crippen molar-refractivity contribution in [2.24, 2.45) is 17.8 Å². The van der Waals surface area contributed by atoms with Crippen LogP contribution in [0, 0.1) is 17.8 Å². The zero-order valence-electron chi connectivity index (χ0n) is 10.4. The van der Waals surface area contributed by atoms with Gasteiger partial charge >= 0.3 is 0 Å². The van der Waals surface area contributed by atoms with Crippen molar-refractivity contribution in [2.75, 3.05) is 20.3 Å². The number of carbonyl (C=O) groups is 1. The highest BCUT2D eigenvalue weighted by Crippen LogP contribution is 2.44. The lowest BCUT2D eigenvalue weighted by molar-refractivity contribution is -0.126. The second kappa shape index (κ2) is 4.58. The van der Waals surface area contributed by atoms with E-state index in [0.717, 1.165) is 11.8 Å². The average molecular weight is 238 g/mol. The molecule has 0 spiro atoms. The zero-order chi connectivity index (χ0) is 11.8. The van der Waals surface area contributed by atoms with Crippen LogP contribution in [0.15, 0.2) is 0 Å². The van der Waals surface area contributed by atoms with Crippen LogP contribution in [0.1, 0.15) is 25.7 Å². The zero-order valence-corrected chi connectivity index (χ0v) is 10.4. The standard InChI is InChI=1S/C13H22N2O2/c1-14-12-7-17-6-10(12)13(16)15-11-5-8-2-3-9(11)4-8/h8-12,14H,2-7H2,1H3,(H,15,16). The first-order chi connectivity index (χ1) is 8.28. The Kier molecular flexibility index (Phi) is 3.09. The van der Waals surface area contributed by atoms with E-state index in [2.05, 4.69) is 10.6 Å². The van der Waals surface area contributed by atoms with E-state index < -0.39 is 0 Å². The van der Waals surface area contributed by atoms with E-state index in [1.165, 1.54) is 25.7 Å². The molecule has 2 saturated carbocycles. The van der Waals surface area contributed by atoms with Crippen LogP contribution in [0.5, 0.6) is 0 Å². The van der Waals surface area contributed by atoms with Crippen LogP contribution in [0.3, 0.4) is 0 Å². The number of likely N-dealkylation sites (N-methyl/N-ethyl adjacent to an activating group) is 1. The summed E-state index contributed by atoms with van der Waals surface area (Å²) in [5, 5.41) is 6.43. The van der Waals surface area contributed by atoms with Crippen LogP contribution in [-0.4, -0.2) is 38.3 Å². The van der Waals surface area contributed by atoms with E-state index in [1.54, 1.807) is 0 Å². The van der Waals surface area contributed by atoms with E-state index in [-0.39, 0.29) is 17.9 Å². The second-order valence-corrected chi connectivity index (χ2v) is 5.83. The Morgan fingerprint density at radius 1 is 1.18 bits per heavy atom. The summed E-state index contributed by atoms with van der Waals surface area (Å²) in [5.41, 5.74) is 0. The lowest BCUT2D eigenvalue weighted by atomic mass is 9.94. The van der Waals surface area contributed by atoms with Gasteiger partial charge in [-0.15, -0.1) is 0 Å². The summed E-state index contributed by atoms with van der Waals surface area (Å²) in [6.45, 7) is 1.23. The highest BCUT2D eigenvalue weighted by atomic mass is 16.5. The fourth-order valence-corrected chi connectivity index (χ4v) is 3.81. The first-order valence-electron chi connectivity index (χ1n) is 6.83. The molecular formula is C13H22N2O2. The molecule has 0 radical (unpaired) electrons. The number of carbonyl (C=O) groups excluding carboxylic acids is 1. The molecule has 5 unspecified atom stereocenters. The van der Waals surface area contributed by atoms with Gasteiger partial charge in [-0.1, -0.05) is 6.42 Å². The fourth-order valence-electron chi connectivity index (χ4n) is 3.81. The maximum Gasteiger partial charge on any atom is 0.227 e. The maximum absolute atomic E-state index is 12.2. The molecule has 0 aromatic carbocycles. The van der Waals surface area contributed by atoms with E-state index in [1.807, 2.05) is 7.05 Å². The summed E-state index contributed by atoms with van der Waals surface area (Å²) in [5.74, 6) is 1.82. The third-order valence-electron chi connectivity index (χ3n) is 4.85. The lowest BCUT2D eigenvalue weighted by Gasteiger charge is -2.25. The van der Waals surface area contributed by atoms with Crippen molar-refractivity contribution in [3.8, 4) is 0 Å². The molecule has 1 aliphatic heterocycles. The van der Waals surface area contributed by atoms with Gasteiger partial charge in [-0.05, 0) is 38.1 Å². The van der Waals surface area contributed by atoms with Gasteiger partial charge in [-0.3, -0.25) is 4.79 Å². The SMILES string of the molecule is CNC1COCC1C(=O)NC1CC2CCC1C2. The molecule has 3 fully saturated rings. The Morgan fingerprint density at radius 2 is 2.06 bits per heavy atom. The Balaban J connectivity index is 1.56. The van der Waals surface area contributed by atoms with Crippen LogP contribution in [0.4, 0.5) is 0 Å². The summed E-state index contributed by atoms with van der Waals surface area (Å²) >= 11 is 0. The molecule has 3 rings (SSSR count). The highest BCUT2D eigenvalue weighted by Gasteiger charge is 2.42. The lowest BCUT2D eigenvalue weighted by Crippen LogP contribution is -2.47. The number of hydrogen-bond acceptors (Lipinski definition) is 3. The molecule has 1 saturated heterocycles. The predicted molar refractivity (Wildman–Crippen MR) is 64.5 cm³/mol. The molecule has 0 aromatic heterocycles. The average Bonchev–Trinajstić information content (AvgIpc) is 3.04. The molecule has 2 bridgehead atoms. The summed E-state index contributed by atoms with van der Waals surface area (Å²) < 4.78 is 5.38. The normalized spacial score (nSPS) is 44.2. The molecule has 96 valence electrons. The van der Waals surface area contributed by atoms with Gasteiger partial charge in [0.15, 0.2) is 0 Å². The second-order valence-electron chi connectivity index (χ2n) is 5.83. The molecule has 5 atom stereocenters. The van der Waals surface area contributed by atoms with E-state index >= 15 is 0 Å². The van der Waals surface area contributed by atoms with Gasteiger partial charge in [-0.25, -0.2) is 0 Å². The summed E-state index contributed by atoms with van der Waals surface area (Å²) in [4.78, 5) is 12.2. The van der Waals surface area contributed by atoms with Crippen LogP contribution in [-0.2, 0) is 9.53 Å². The van der Waals surface area contributed by atoms with Crippen molar-refractivity contribution in [3.05, 3.63) is 0 Å². The van der Waals surface area contributed by atoms with Crippen LogP contribution in [0.2, 0.25) is 0 Å². The number of ether oxygens (including phenoxy) is 1. The van der Waals surface area contributed by atoms with Crippen LogP contribution < -0.4 is 10.6 Å². The fraction of sp³-hybridized carbons (Fsp3) is 0.923. The van der Waals surface area contributed by atoms with Crippen molar-refractivity contribution >= 4 is 5.91 Å². The first kappa shape index (κ1) is 11.5. The molecule has 3 aliphatic rings. The molecular weight excluding hydrogens is 216 g/mol. The van der Waals surface area contributed by atoms with E-state index in [9.17, 15) is 4.79 Å². The van der Waals surface area contributed by atoms with Gasteiger partial charge in [0.1, 0.15) is 0 Å². The predicted octanol–water partition coefficient (Wildman–Crippen LogP) is 0.526.